The van der Waals surface area contributed by atoms with Crippen LogP contribution in [0.4, 0.5) is 0 Å². The van der Waals surface area contributed by atoms with Gasteiger partial charge < -0.3 is 0 Å². The van der Waals surface area contributed by atoms with Crippen LogP contribution >= 0.6 is 23.6 Å². The van der Waals surface area contributed by atoms with Crippen molar-refractivity contribution in [1.29, 1.82) is 0 Å². The monoisotopic (exact) mass is 266 g/mol. The van der Waals surface area contributed by atoms with E-state index in [1.54, 1.807) is 11.3 Å². The number of aromatic nitrogens is 4. The molecule has 0 bridgehead atoms. The molecule has 3 rings (SSSR count). The minimum absolute atomic E-state index is 0.233. The molecule has 0 amide bonds. The van der Waals surface area contributed by atoms with E-state index in [1.165, 1.54) is 12.8 Å². The zero-order valence-electron chi connectivity index (χ0n) is 9.59. The average Bonchev–Trinajstić information content (AvgIpc) is 2.89. The molecule has 0 spiro atoms. The Morgan fingerprint density at radius 2 is 2.47 bits per heavy atom. The molecule has 2 heterocycles. The van der Waals surface area contributed by atoms with Crippen molar-refractivity contribution in [2.24, 2.45) is 0 Å². The molecule has 0 aromatic carbocycles. The van der Waals surface area contributed by atoms with Gasteiger partial charge in [-0.25, -0.2) is 4.98 Å². The van der Waals surface area contributed by atoms with Crippen LogP contribution in [-0.4, -0.2) is 19.7 Å². The summed E-state index contributed by atoms with van der Waals surface area (Å²) in [4.78, 5) is 4.42. The van der Waals surface area contributed by atoms with Gasteiger partial charge in [0.2, 0.25) is 0 Å². The number of aromatic amines is 1. The Morgan fingerprint density at radius 3 is 3.06 bits per heavy atom. The lowest BCUT2D eigenvalue weighted by Gasteiger charge is -2.15. The van der Waals surface area contributed by atoms with E-state index in [2.05, 4.69) is 26.7 Å². The number of nitrogens with one attached hydrogen (secondary N) is 1. The molecule has 4 nitrogen and oxygen atoms in total. The number of nitrogens with zero attached hydrogens (tertiary/aromatic N) is 3. The highest BCUT2D eigenvalue weighted by atomic mass is 32.1. The normalized spacial score (nSPS) is 17.2. The molecular weight excluding hydrogens is 252 g/mol. The van der Waals surface area contributed by atoms with Crippen LogP contribution < -0.4 is 0 Å². The van der Waals surface area contributed by atoms with Gasteiger partial charge in [0.25, 0.3) is 0 Å². The second kappa shape index (κ2) is 4.34. The molecule has 1 saturated carbocycles. The summed E-state index contributed by atoms with van der Waals surface area (Å²) in [6, 6.07) is 0.233. The summed E-state index contributed by atoms with van der Waals surface area (Å²) < 4.78 is 2.88. The van der Waals surface area contributed by atoms with Gasteiger partial charge in [-0.1, -0.05) is 6.92 Å². The Morgan fingerprint density at radius 1 is 1.65 bits per heavy atom. The predicted octanol–water partition coefficient (Wildman–Crippen LogP) is 3.27. The van der Waals surface area contributed by atoms with Crippen LogP contribution in [-0.2, 0) is 0 Å². The second-order valence-corrected chi connectivity index (χ2v) is 5.64. The van der Waals surface area contributed by atoms with Crippen LogP contribution in [0.2, 0.25) is 0 Å². The number of H-pyrrole nitrogens is 1. The molecule has 2 aromatic rings. The van der Waals surface area contributed by atoms with Gasteiger partial charge in [-0.05, 0) is 31.5 Å². The molecule has 1 atom stereocenters. The van der Waals surface area contributed by atoms with Crippen molar-refractivity contribution in [3.63, 3.8) is 0 Å². The minimum Gasteiger partial charge on any atom is -0.294 e. The molecule has 0 aliphatic heterocycles. The van der Waals surface area contributed by atoms with Gasteiger partial charge in [-0.3, -0.25) is 9.67 Å². The molecule has 6 heteroatoms. The van der Waals surface area contributed by atoms with E-state index in [-0.39, 0.29) is 6.04 Å². The Kier molecular flexibility index (Phi) is 2.84. The van der Waals surface area contributed by atoms with Crippen molar-refractivity contribution < 1.29 is 0 Å². The number of thiazole rings is 1. The molecule has 1 N–H and O–H groups in total. The number of hydrogen-bond acceptors (Lipinski definition) is 4. The van der Waals surface area contributed by atoms with E-state index in [1.807, 2.05) is 11.6 Å². The van der Waals surface area contributed by atoms with Crippen LogP contribution in [0.3, 0.4) is 0 Å². The standard InChI is InChI=1S/C11H14N4S2/c1-2-8(10-12-5-6-17-10)15-9(7-3-4-7)13-14-11(15)16/h5-8H,2-4H2,1H3,(H,14,16). The molecule has 1 unspecified atom stereocenters. The van der Waals surface area contributed by atoms with Crippen LogP contribution in [0.25, 0.3) is 0 Å². The maximum absolute atomic E-state index is 5.36. The fourth-order valence-corrected chi connectivity index (χ4v) is 3.19. The van der Waals surface area contributed by atoms with Gasteiger partial charge in [0.1, 0.15) is 10.8 Å². The van der Waals surface area contributed by atoms with Crippen LogP contribution in [0.5, 0.6) is 0 Å². The van der Waals surface area contributed by atoms with Gasteiger partial charge in [0.15, 0.2) is 4.77 Å². The fraction of sp³-hybridized carbons (Fsp3) is 0.545. The molecule has 0 radical (unpaired) electrons. The summed E-state index contributed by atoms with van der Waals surface area (Å²) in [7, 11) is 0. The lowest BCUT2D eigenvalue weighted by molar-refractivity contribution is 0.533. The Balaban J connectivity index is 2.07. The Hall–Kier alpha value is -1.01. The summed E-state index contributed by atoms with van der Waals surface area (Å²) in [6.45, 7) is 2.16. The zero-order chi connectivity index (χ0) is 11.8. The maximum atomic E-state index is 5.36. The molecule has 90 valence electrons. The highest BCUT2D eigenvalue weighted by Crippen LogP contribution is 2.40. The first-order valence-electron chi connectivity index (χ1n) is 5.87. The first-order chi connectivity index (χ1) is 8.31. The van der Waals surface area contributed by atoms with E-state index in [0.717, 1.165) is 17.3 Å². The van der Waals surface area contributed by atoms with Crippen LogP contribution in [0.1, 0.15) is 49.0 Å². The molecule has 17 heavy (non-hydrogen) atoms. The molecule has 2 aromatic heterocycles. The predicted molar refractivity (Wildman–Crippen MR) is 69.9 cm³/mol. The van der Waals surface area contributed by atoms with Gasteiger partial charge in [-0.15, -0.1) is 11.3 Å². The third-order valence-corrected chi connectivity index (χ3v) is 4.27. The molecule has 1 fully saturated rings. The lowest BCUT2D eigenvalue weighted by atomic mass is 10.2. The fourth-order valence-electron chi connectivity index (χ4n) is 2.11. The van der Waals surface area contributed by atoms with Gasteiger partial charge in [-0.2, -0.15) is 5.10 Å². The van der Waals surface area contributed by atoms with Crippen molar-refractivity contribution in [2.45, 2.75) is 38.1 Å². The van der Waals surface area contributed by atoms with Crippen molar-refractivity contribution in [3.8, 4) is 0 Å². The first-order valence-corrected chi connectivity index (χ1v) is 7.16. The van der Waals surface area contributed by atoms with Crippen LogP contribution in [0.15, 0.2) is 11.6 Å². The molecule has 1 aliphatic rings. The summed E-state index contributed by atoms with van der Waals surface area (Å²) in [6.07, 6.45) is 5.30. The summed E-state index contributed by atoms with van der Waals surface area (Å²) >= 11 is 7.04. The van der Waals surface area contributed by atoms with E-state index in [0.29, 0.717) is 10.7 Å². The molecule has 0 saturated heterocycles. The SMILES string of the molecule is CCC(c1nccs1)n1c(C2CC2)n[nH]c1=S. The molecular formula is C11H14N4S2. The smallest absolute Gasteiger partial charge is 0.195 e. The van der Waals surface area contributed by atoms with Crippen molar-refractivity contribution in [2.75, 3.05) is 0 Å². The second-order valence-electron chi connectivity index (χ2n) is 4.33. The van der Waals surface area contributed by atoms with E-state index >= 15 is 0 Å². The summed E-state index contributed by atoms with van der Waals surface area (Å²) in [5.74, 6) is 1.70. The summed E-state index contributed by atoms with van der Waals surface area (Å²) in [5.41, 5.74) is 0. The van der Waals surface area contributed by atoms with Gasteiger partial charge in [0.05, 0.1) is 6.04 Å². The topological polar surface area (TPSA) is 46.5 Å². The lowest BCUT2D eigenvalue weighted by Crippen LogP contribution is -2.12. The third-order valence-electron chi connectivity index (χ3n) is 3.11. The zero-order valence-corrected chi connectivity index (χ0v) is 11.2. The highest BCUT2D eigenvalue weighted by Gasteiger charge is 2.31. The third kappa shape index (κ3) is 1.95. The molecule has 1 aliphatic carbocycles. The van der Waals surface area contributed by atoms with E-state index in [9.17, 15) is 0 Å². The number of hydrogen-bond donors (Lipinski definition) is 1. The van der Waals surface area contributed by atoms with Gasteiger partial charge >= 0.3 is 0 Å². The number of rotatable bonds is 4. The van der Waals surface area contributed by atoms with Crippen molar-refractivity contribution in [1.82, 2.24) is 19.7 Å². The van der Waals surface area contributed by atoms with E-state index < -0.39 is 0 Å². The summed E-state index contributed by atoms with van der Waals surface area (Å²) in [5, 5.41) is 10.4. The van der Waals surface area contributed by atoms with Gasteiger partial charge in [0, 0.05) is 17.5 Å². The Labute approximate surface area is 109 Å². The van der Waals surface area contributed by atoms with Crippen molar-refractivity contribution in [3.05, 3.63) is 27.2 Å². The van der Waals surface area contributed by atoms with E-state index in [4.69, 9.17) is 12.2 Å². The highest BCUT2D eigenvalue weighted by molar-refractivity contribution is 7.71. The maximum Gasteiger partial charge on any atom is 0.195 e. The first kappa shape index (κ1) is 11.1. The largest absolute Gasteiger partial charge is 0.294 e. The minimum atomic E-state index is 0.233. The quantitative estimate of drug-likeness (QED) is 0.864. The Bertz CT molecular complexity index is 550. The average molecular weight is 266 g/mol. The van der Waals surface area contributed by atoms with Crippen LogP contribution in [0, 0.1) is 4.77 Å². The van der Waals surface area contributed by atoms with Crippen molar-refractivity contribution >= 4 is 23.6 Å².